The van der Waals surface area contributed by atoms with Crippen LogP contribution in [0.4, 0.5) is 0 Å². The first-order valence-corrected chi connectivity index (χ1v) is 5.56. The first-order valence-electron chi connectivity index (χ1n) is 5.56. The van der Waals surface area contributed by atoms with Gasteiger partial charge in [0.05, 0.1) is 17.4 Å². The molecule has 1 aromatic heterocycles. The molecule has 0 saturated heterocycles. The van der Waals surface area contributed by atoms with Crippen molar-refractivity contribution in [1.29, 1.82) is 0 Å². The van der Waals surface area contributed by atoms with Gasteiger partial charge >= 0.3 is 29.6 Å². The number of aromatic nitrogens is 2. The van der Waals surface area contributed by atoms with E-state index >= 15 is 0 Å². The largest absolute Gasteiger partial charge is 1.00 e. The summed E-state index contributed by atoms with van der Waals surface area (Å²) in [6.07, 6.45) is 0. The van der Waals surface area contributed by atoms with E-state index in [4.69, 9.17) is 0 Å². The Labute approximate surface area is 127 Å². The van der Waals surface area contributed by atoms with Crippen LogP contribution in [0.2, 0.25) is 0 Å². The average Bonchev–Trinajstić information content (AvgIpc) is 2.69. The number of aromatic amines is 1. The number of benzene rings is 2. The summed E-state index contributed by atoms with van der Waals surface area (Å²) in [7, 11) is 0. The Morgan fingerprint density at radius 1 is 0.944 bits per heavy atom. The van der Waals surface area contributed by atoms with Crippen molar-refractivity contribution in [1.82, 2.24) is 9.78 Å². The quantitative estimate of drug-likeness (QED) is 0.602. The molecule has 0 unspecified atom stereocenters. The zero-order valence-electron chi connectivity index (χ0n) is 10.3. The molecule has 1 N–H and O–H groups in total. The van der Waals surface area contributed by atoms with Crippen molar-refractivity contribution in [3.05, 3.63) is 70.5 Å². The molecule has 0 aliphatic heterocycles. The molecule has 3 aromatic rings. The second kappa shape index (κ2) is 5.57. The number of fused-ring (bicyclic) bond motifs is 1. The van der Waals surface area contributed by atoms with Crippen molar-refractivity contribution >= 4 is 10.9 Å². The third-order valence-electron chi connectivity index (χ3n) is 2.86. The fraction of sp³-hybridized carbons (Fsp3) is 0.0714. The Bertz CT molecular complexity index is 700. The van der Waals surface area contributed by atoms with Crippen molar-refractivity contribution in [2.45, 2.75) is 6.54 Å². The van der Waals surface area contributed by atoms with Crippen LogP contribution in [0.25, 0.3) is 10.9 Å². The van der Waals surface area contributed by atoms with E-state index < -0.39 is 0 Å². The van der Waals surface area contributed by atoms with Crippen LogP contribution in [0, 0.1) is 0 Å². The zero-order chi connectivity index (χ0) is 11.7. The molecule has 0 amide bonds. The summed E-state index contributed by atoms with van der Waals surface area (Å²) in [6, 6.07) is 17.7. The molecule has 0 fully saturated rings. The van der Waals surface area contributed by atoms with Crippen molar-refractivity contribution in [3.8, 4) is 0 Å². The predicted molar refractivity (Wildman–Crippen MR) is 68.1 cm³/mol. The maximum atomic E-state index is 11.7. The molecule has 3 nitrogen and oxygen atoms in total. The molecule has 0 saturated carbocycles. The summed E-state index contributed by atoms with van der Waals surface area (Å²) in [4.78, 5) is 11.7. The van der Waals surface area contributed by atoms with Crippen molar-refractivity contribution in [3.63, 3.8) is 0 Å². The summed E-state index contributed by atoms with van der Waals surface area (Å²) in [6.45, 7) is 0.684. The van der Waals surface area contributed by atoms with E-state index in [0.29, 0.717) is 6.54 Å². The van der Waals surface area contributed by atoms with Crippen LogP contribution in [0.3, 0.4) is 0 Å². The van der Waals surface area contributed by atoms with Gasteiger partial charge in [-0.1, -0.05) is 42.5 Å². The Kier molecular flexibility index (Phi) is 4.07. The number of para-hydroxylation sites is 1. The van der Waals surface area contributed by atoms with Gasteiger partial charge in [0.1, 0.15) is 0 Å². The number of nitrogens with zero attached hydrogens (tertiary/aromatic N) is 1. The molecule has 84 valence electrons. The minimum Gasteiger partial charge on any atom is -0.280 e. The van der Waals surface area contributed by atoms with Gasteiger partial charge in [0, 0.05) is 0 Å². The van der Waals surface area contributed by atoms with E-state index in [9.17, 15) is 4.79 Å². The van der Waals surface area contributed by atoms with E-state index in [1.54, 1.807) is 0 Å². The van der Waals surface area contributed by atoms with Gasteiger partial charge in [0.25, 0.3) is 5.56 Å². The topological polar surface area (TPSA) is 37.8 Å². The van der Waals surface area contributed by atoms with Gasteiger partial charge in [0.15, 0.2) is 0 Å². The van der Waals surface area contributed by atoms with Crippen LogP contribution in [0.5, 0.6) is 0 Å². The third-order valence-corrected chi connectivity index (χ3v) is 2.86. The van der Waals surface area contributed by atoms with Crippen LogP contribution in [0.1, 0.15) is 5.56 Å². The normalized spacial score (nSPS) is 10.2. The molecule has 2 aromatic carbocycles. The van der Waals surface area contributed by atoms with Crippen LogP contribution in [-0.4, -0.2) is 9.78 Å². The van der Waals surface area contributed by atoms with Gasteiger partial charge in [-0.3, -0.25) is 14.6 Å². The molecule has 18 heavy (non-hydrogen) atoms. The number of hydrogen-bond donors (Lipinski definition) is 1. The monoisotopic (exact) mass is 247 g/mol. The number of H-pyrrole nitrogens is 1. The molecule has 0 atom stereocenters. The standard InChI is InChI=1S/C14H12N2O.Na/c17-14-12-8-4-5-9-13(12)16(15-14)10-11-6-2-1-3-7-11;/h1-9H,10H2,(H,15,17);/q;+1. The molecular weight excluding hydrogens is 235 g/mol. The van der Waals surface area contributed by atoms with E-state index in [0.717, 1.165) is 10.9 Å². The van der Waals surface area contributed by atoms with E-state index in [-0.39, 0.29) is 35.1 Å². The third kappa shape index (κ3) is 2.43. The van der Waals surface area contributed by atoms with Crippen molar-refractivity contribution in [2.24, 2.45) is 0 Å². The van der Waals surface area contributed by atoms with Gasteiger partial charge in [-0.2, -0.15) is 0 Å². The zero-order valence-corrected chi connectivity index (χ0v) is 12.3. The maximum absolute atomic E-state index is 11.7. The van der Waals surface area contributed by atoms with E-state index in [1.165, 1.54) is 5.56 Å². The number of rotatable bonds is 2. The second-order valence-electron chi connectivity index (χ2n) is 4.03. The maximum Gasteiger partial charge on any atom is 1.00 e. The van der Waals surface area contributed by atoms with Crippen molar-refractivity contribution in [2.75, 3.05) is 0 Å². The summed E-state index contributed by atoms with van der Waals surface area (Å²) >= 11 is 0. The second-order valence-corrected chi connectivity index (χ2v) is 4.03. The fourth-order valence-corrected chi connectivity index (χ4v) is 2.03. The summed E-state index contributed by atoms with van der Waals surface area (Å²) < 4.78 is 1.88. The first-order chi connectivity index (χ1) is 8.34. The summed E-state index contributed by atoms with van der Waals surface area (Å²) in [5.74, 6) is 0. The summed E-state index contributed by atoms with van der Waals surface area (Å²) in [5, 5.41) is 3.60. The average molecular weight is 247 g/mol. The molecule has 4 heteroatoms. The smallest absolute Gasteiger partial charge is 0.280 e. The Balaban J connectivity index is 0.00000120. The van der Waals surface area contributed by atoms with Crippen LogP contribution in [0.15, 0.2) is 59.4 Å². The first kappa shape index (κ1) is 13.1. The van der Waals surface area contributed by atoms with Crippen LogP contribution < -0.4 is 35.1 Å². The van der Waals surface area contributed by atoms with E-state index in [1.807, 2.05) is 59.3 Å². The minimum absolute atomic E-state index is 0. The van der Waals surface area contributed by atoms with Gasteiger partial charge in [-0.05, 0) is 17.7 Å². The number of nitrogens with one attached hydrogen (secondary N) is 1. The van der Waals surface area contributed by atoms with Gasteiger partial charge in [0.2, 0.25) is 0 Å². The molecular formula is C14H12N2NaO+. The molecule has 0 spiro atoms. The minimum atomic E-state index is -0.0310. The van der Waals surface area contributed by atoms with Crippen molar-refractivity contribution < 1.29 is 29.6 Å². The molecule has 0 aliphatic carbocycles. The molecule has 3 rings (SSSR count). The molecule has 1 heterocycles. The molecule has 0 bridgehead atoms. The fourth-order valence-electron chi connectivity index (χ4n) is 2.03. The van der Waals surface area contributed by atoms with Crippen LogP contribution >= 0.6 is 0 Å². The summed E-state index contributed by atoms with van der Waals surface area (Å²) in [5.41, 5.74) is 2.09. The molecule has 0 aliphatic rings. The van der Waals surface area contributed by atoms with Crippen LogP contribution in [-0.2, 0) is 6.54 Å². The Morgan fingerprint density at radius 3 is 2.39 bits per heavy atom. The number of hydrogen-bond acceptors (Lipinski definition) is 1. The SMILES string of the molecule is O=c1[nH]n(Cc2ccccc2)c2ccccc12.[Na+]. The Morgan fingerprint density at radius 2 is 1.61 bits per heavy atom. The van der Waals surface area contributed by atoms with Gasteiger partial charge in [-0.15, -0.1) is 0 Å². The Hall–Kier alpha value is -1.29. The predicted octanol–water partition coefficient (Wildman–Crippen LogP) is -0.618. The molecule has 0 radical (unpaired) electrons. The van der Waals surface area contributed by atoms with E-state index in [2.05, 4.69) is 5.10 Å². The van der Waals surface area contributed by atoms with Gasteiger partial charge < -0.3 is 0 Å². The van der Waals surface area contributed by atoms with Gasteiger partial charge in [-0.25, -0.2) is 0 Å².